The zero-order valence-electron chi connectivity index (χ0n) is 7.22. The van der Waals surface area contributed by atoms with E-state index in [-0.39, 0.29) is 5.69 Å². The normalized spacial score (nSPS) is 11.6. The average molecular weight is 239 g/mol. The highest BCUT2D eigenvalue weighted by Gasteiger charge is 2.38. The molecule has 0 saturated heterocycles. The van der Waals surface area contributed by atoms with Crippen molar-refractivity contribution in [3.05, 3.63) is 22.7 Å². The summed E-state index contributed by atoms with van der Waals surface area (Å²) < 4.78 is 37.4. The van der Waals surface area contributed by atoms with Gasteiger partial charge >= 0.3 is 13.3 Å². The molecule has 1 aromatic rings. The Labute approximate surface area is 88.4 Å². The molecule has 0 heterocycles. The Hall–Kier alpha value is -0.915. The summed E-state index contributed by atoms with van der Waals surface area (Å²) in [7, 11) is -2.28. The minimum atomic E-state index is -4.76. The molecule has 0 aliphatic heterocycles. The van der Waals surface area contributed by atoms with Crippen LogP contribution in [0.5, 0.6) is 0 Å². The first-order valence-electron chi connectivity index (χ1n) is 3.75. The Morgan fingerprint density at radius 1 is 1.27 bits per heavy atom. The molecule has 82 valence electrons. The minimum Gasteiger partial charge on any atom is -0.423 e. The summed E-state index contributed by atoms with van der Waals surface area (Å²) in [6, 6.07) is 1.72. The second kappa shape index (κ2) is 3.92. The first kappa shape index (κ1) is 12.2. The molecule has 0 aromatic heterocycles. The molecule has 0 atom stereocenters. The second-order valence-corrected chi connectivity index (χ2v) is 3.25. The predicted octanol–water partition coefficient (Wildman–Crippen LogP) is 0.621. The molecular formula is C7H6BClF3NO2. The fourth-order valence-electron chi connectivity index (χ4n) is 1.15. The lowest BCUT2D eigenvalue weighted by atomic mass is 9.76. The maximum atomic E-state index is 12.5. The quantitative estimate of drug-likeness (QED) is 0.497. The molecule has 0 spiro atoms. The Balaban J connectivity index is 3.48. The van der Waals surface area contributed by atoms with Crippen molar-refractivity contribution in [2.45, 2.75) is 6.18 Å². The summed E-state index contributed by atoms with van der Waals surface area (Å²) in [5.74, 6) is 0. The van der Waals surface area contributed by atoms with Crippen molar-refractivity contribution >= 4 is 29.9 Å². The van der Waals surface area contributed by atoms with Gasteiger partial charge in [0.25, 0.3) is 0 Å². The van der Waals surface area contributed by atoms with E-state index in [0.717, 1.165) is 12.1 Å². The van der Waals surface area contributed by atoms with Crippen LogP contribution in [-0.4, -0.2) is 17.2 Å². The Kier molecular flexibility index (Phi) is 3.18. The Morgan fingerprint density at radius 3 is 2.20 bits per heavy atom. The molecule has 0 bridgehead atoms. The van der Waals surface area contributed by atoms with Crippen molar-refractivity contribution in [1.82, 2.24) is 0 Å². The molecule has 3 nitrogen and oxygen atoms in total. The zero-order chi connectivity index (χ0) is 11.8. The van der Waals surface area contributed by atoms with Crippen LogP contribution in [0.15, 0.2) is 12.1 Å². The van der Waals surface area contributed by atoms with Crippen LogP contribution in [0.2, 0.25) is 5.02 Å². The van der Waals surface area contributed by atoms with Gasteiger partial charge in [0.2, 0.25) is 0 Å². The van der Waals surface area contributed by atoms with E-state index in [1.54, 1.807) is 0 Å². The Bertz CT molecular complexity index is 383. The van der Waals surface area contributed by atoms with Gasteiger partial charge in [-0.1, -0.05) is 11.6 Å². The van der Waals surface area contributed by atoms with E-state index in [4.69, 9.17) is 27.4 Å². The average Bonchev–Trinajstić information content (AvgIpc) is 1.99. The number of halogens is 4. The molecule has 0 saturated carbocycles. The van der Waals surface area contributed by atoms with Crippen LogP contribution in [0.3, 0.4) is 0 Å². The highest BCUT2D eigenvalue weighted by atomic mass is 35.5. The lowest BCUT2D eigenvalue weighted by Crippen LogP contribution is -2.36. The van der Waals surface area contributed by atoms with Crippen LogP contribution < -0.4 is 11.2 Å². The van der Waals surface area contributed by atoms with Crippen LogP contribution in [-0.2, 0) is 6.18 Å². The molecule has 0 radical (unpaired) electrons. The molecule has 8 heteroatoms. The van der Waals surface area contributed by atoms with E-state index in [1.165, 1.54) is 0 Å². The van der Waals surface area contributed by atoms with Crippen molar-refractivity contribution in [2.75, 3.05) is 5.73 Å². The number of anilines is 1. The van der Waals surface area contributed by atoms with Crippen molar-refractivity contribution in [1.29, 1.82) is 0 Å². The summed E-state index contributed by atoms with van der Waals surface area (Å²) in [6.45, 7) is 0. The van der Waals surface area contributed by atoms with Gasteiger partial charge in [-0.3, -0.25) is 0 Å². The molecule has 15 heavy (non-hydrogen) atoms. The van der Waals surface area contributed by atoms with Gasteiger partial charge in [0.05, 0.1) is 10.6 Å². The second-order valence-electron chi connectivity index (χ2n) is 2.84. The summed E-state index contributed by atoms with van der Waals surface area (Å²) in [4.78, 5) is 0. The van der Waals surface area contributed by atoms with Gasteiger partial charge < -0.3 is 15.8 Å². The highest BCUT2D eigenvalue weighted by Crippen LogP contribution is 2.34. The number of alkyl halides is 3. The number of benzene rings is 1. The number of nitrogens with two attached hydrogens (primary N) is 1. The topological polar surface area (TPSA) is 66.5 Å². The van der Waals surface area contributed by atoms with E-state index in [2.05, 4.69) is 0 Å². The Morgan fingerprint density at radius 2 is 1.80 bits per heavy atom. The molecule has 0 aliphatic carbocycles. The third kappa shape index (κ3) is 2.56. The first-order valence-corrected chi connectivity index (χ1v) is 4.13. The number of hydrogen-bond donors (Lipinski definition) is 3. The summed E-state index contributed by atoms with van der Waals surface area (Å²) in [5, 5.41) is 16.9. The van der Waals surface area contributed by atoms with Crippen LogP contribution in [0.4, 0.5) is 18.9 Å². The lowest BCUT2D eigenvalue weighted by Gasteiger charge is -2.14. The minimum absolute atomic E-state index is 0.0731. The number of hydrogen-bond acceptors (Lipinski definition) is 3. The van der Waals surface area contributed by atoms with Crippen molar-refractivity contribution in [3.8, 4) is 0 Å². The molecule has 0 amide bonds. The van der Waals surface area contributed by atoms with Crippen molar-refractivity contribution in [2.24, 2.45) is 0 Å². The molecule has 4 N–H and O–H groups in total. The van der Waals surface area contributed by atoms with Gasteiger partial charge in [-0.25, -0.2) is 0 Å². The fraction of sp³-hybridized carbons (Fsp3) is 0.143. The van der Waals surface area contributed by atoms with Crippen LogP contribution in [0.25, 0.3) is 0 Å². The van der Waals surface area contributed by atoms with Crippen molar-refractivity contribution < 1.29 is 23.2 Å². The van der Waals surface area contributed by atoms with Gasteiger partial charge in [-0.05, 0) is 17.6 Å². The lowest BCUT2D eigenvalue weighted by molar-refractivity contribution is -0.136. The van der Waals surface area contributed by atoms with Crippen LogP contribution in [0.1, 0.15) is 5.56 Å². The standard InChI is InChI=1S/C7H6BClF3NO2/c9-5-2-3(13)1-4(8(14)15)6(5)7(10,11)12/h1-2,14-15H,13H2. The maximum Gasteiger partial charge on any atom is 0.489 e. The predicted molar refractivity (Wildman–Crippen MR) is 50.7 cm³/mol. The molecular weight excluding hydrogens is 233 g/mol. The summed E-state index contributed by atoms with van der Waals surface area (Å²) >= 11 is 5.34. The van der Waals surface area contributed by atoms with E-state index in [0.29, 0.717) is 0 Å². The van der Waals surface area contributed by atoms with Crippen LogP contribution in [0, 0.1) is 0 Å². The van der Waals surface area contributed by atoms with E-state index >= 15 is 0 Å². The van der Waals surface area contributed by atoms with E-state index in [1.807, 2.05) is 0 Å². The van der Waals surface area contributed by atoms with Gasteiger partial charge in [0.1, 0.15) is 0 Å². The fourth-order valence-corrected chi connectivity index (χ4v) is 1.49. The molecule has 1 rings (SSSR count). The van der Waals surface area contributed by atoms with Gasteiger partial charge in [0.15, 0.2) is 0 Å². The zero-order valence-corrected chi connectivity index (χ0v) is 7.97. The third-order valence-electron chi connectivity index (χ3n) is 1.70. The molecule has 1 aromatic carbocycles. The van der Waals surface area contributed by atoms with E-state index in [9.17, 15) is 13.2 Å². The SMILES string of the molecule is Nc1cc(Cl)c(C(F)(F)F)c(B(O)O)c1. The van der Waals surface area contributed by atoms with Crippen LogP contribution >= 0.6 is 11.6 Å². The molecule has 0 fully saturated rings. The van der Waals surface area contributed by atoms with E-state index < -0.39 is 29.3 Å². The third-order valence-corrected chi connectivity index (χ3v) is 2.00. The largest absolute Gasteiger partial charge is 0.489 e. The highest BCUT2D eigenvalue weighted by molar-refractivity contribution is 6.60. The first-order chi connectivity index (χ1) is 6.73. The summed E-state index contributed by atoms with van der Waals surface area (Å²) in [5.41, 5.74) is 3.12. The monoisotopic (exact) mass is 239 g/mol. The number of nitrogen functional groups attached to an aromatic ring is 1. The molecule has 0 aliphatic rings. The van der Waals surface area contributed by atoms with Gasteiger partial charge in [-0.2, -0.15) is 13.2 Å². The smallest absolute Gasteiger partial charge is 0.423 e. The van der Waals surface area contributed by atoms with Gasteiger partial charge in [-0.15, -0.1) is 0 Å². The van der Waals surface area contributed by atoms with Gasteiger partial charge in [0, 0.05) is 5.69 Å². The maximum absolute atomic E-state index is 12.5. The van der Waals surface area contributed by atoms with Crippen molar-refractivity contribution in [3.63, 3.8) is 0 Å². The summed E-state index contributed by atoms with van der Waals surface area (Å²) in [6.07, 6.45) is -4.76. The molecule has 0 unspecified atom stereocenters. The number of rotatable bonds is 1.